The number of nitrogens with zero attached hydrogens (tertiary/aromatic N) is 2. The first kappa shape index (κ1) is 22.0. The third kappa shape index (κ3) is 5.92. The van der Waals surface area contributed by atoms with Gasteiger partial charge in [0.1, 0.15) is 0 Å². The van der Waals surface area contributed by atoms with Crippen molar-refractivity contribution in [2.24, 2.45) is 5.92 Å². The smallest absolute Gasteiger partial charge is 0.251 e. The summed E-state index contributed by atoms with van der Waals surface area (Å²) in [5.41, 5.74) is 1.26. The van der Waals surface area contributed by atoms with Crippen LogP contribution in [0.25, 0.3) is 10.9 Å². The van der Waals surface area contributed by atoms with E-state index in [1.165, 1.54) is 32.1 Å². The summed E-state index contributed by atoms with van der Waals surface area (Å²) < 4.78 is 0. The number of hydrogen-bond acceptors (Lipinski definition) is 6. The number of nitrogens with one attached hydrogen (secondary N) is 2. The molecule has 4 N–H and O–H groups in total. The lowest BCUT2D eigenvalue weighted by atomic mass is 9.85. The lowest BCUT2D eigenvalue weighted by Gasteiger charge is -2.26. The Labute approximate surface area is 183 Å². The Balaban J connectivity index is 1.41. The normalized spacial score (nSPS) is 23.4. The van der Waals surface area contributed by atoms with Crippen LogP contribution in [0.4, 0.5) is 5.95 Å². The molecule has 0 spiro atoms. The summed E-state index contributed by atoms with van der Waals surface area (Å²) in [6.45, 7) is -0.0395. The fourth-order valence-corrected chi connectivity index (χ4v) is 4.91. The second-order valence-corrected chi connectivity index (χ2v) is 9.21. The number of hydrogen-bond donors (Lipinski definition) is 4. The van der Waals surface area contributed by atoms with E-state index in [0.29, 0.717) is 22.9 Å². The molecule has 1 heterocycles. The minimum Gasteiger partial charge on any atom is -0.394 e. The maximum Gasteiger partial charge on any atom is 0.251 e. The second kappa shape index (κ2) is 10.4. The number of aliphatic hydroxyl groups excluding tert-OH is 2. The topological polar surface area (TPSA) is 107 Å². The third-order valence-electron chi connectivity index (χ3n) is 6.77. The zero-order valence-corrected chi connectivity index (χ0v) is 18.1. The number of anilines is 1. The molecule has 7 nitrogen and oxygen atoms in total. The van der Waals surface area contributed by atoms with Gasteiger partial charge in [-0.1, -0.05) is 38.2 Å². The molecule has 2 saturated carbocycles. The molecule has 0 unspecified atom stereocenters. The summed E-state index contributed by atoms with van der Waals surface area (Å²) in [5.74, 6) is 0.966. The number of amides is 1. The maximum atomic E-state index is 12.8. The summed E-state index contributed by atoms with van der Waals surface area (Å²) in [6, 6.07) is 5.48. The number of carbonyl (C=O) groups is 1. The van der Waals surface area contributed by atoms with Gasteiger partial charge < -0.3 is 20.8 Å². The van der Waals surface area contributed by atoms with Crippen molar-refractivity contribution in [3.05, 3.63) is 30.0 Å². The highest BCUT2D eigenvalue weighted by Crippen LogP contribution is 2.27. The Bertz CT molecular complexity index is 876. The van der Waals surface area contributed by atoms with Gasteiger partial charge in [0.25, 0.3) is 5.91 Å². The number of carbonyl (C=O) groups excluding carboxylic acids is 1. The largest absolute Gasteiger partial charge is 0.394 e. The van der Waals surface area contributed by atoms with Crippen LogP contribution in [0.3, 0.4) is 0 Å². The molecule has 2 aliphatic carbocycles. The average Bonchev–Trinajstić information content (AvgIpc) is 2.80. The Morgan fingerprint density at radius 3 is 2.61 bits per heavy atom. The van der Waals surface area contributed by atoms with Crippen LogP contribution in [0.2, 0.25) is 0 Å². The zero-order chi connectivity index (χ0) is 21.6. The first-order valence-electron chi connectivity index (χ1n) is 11.7. The monoisotopic (exact) mass is 426 g/mol. The number of rotatable bonds is 7. The Morgan fingerprint density at radius 2 is 1.87 bits per heavy atom. The van der Waals surface area contributed by atoms with Gasteiger partial charge in [-0.15, -0.1) is 0 Å². The zero-order valence-electron chi connectivity index (χ0n) is 18.1. The lowest BCUT2D eigenvalue weighted by molar-refractivity contribution is 0.0902. The minimum absolute atomic E-state index is 0.0395. The van der Waals surface area contributed by atoms with Crippen LogP contribution in [0, 0.1) is 5.92 Å². The number of aromatic nitrogens is 2. The van der Waals surface area contributed by atoms with Gasteiger partial charge in [-0.25, -0.2) is 9.97 Å². The summed E-state index contributed by atoms with van der Waals surface area (Å²) in [5, 5.41) is 26.7. The van der Waals surface area contributed by atoms with Gasteiger partial charge in [0.15, 0.2) is 0 Å². The Kier molecular flexibility index (Phi) is 7.35. The van der Waals surface area contributed by atoms with Crippen LogP contribution < -0.4 is 10.6 Å². The van der Waals surface area contributed by atoms with Crippen molar-refractivity contribution in [2.45, 2.75) is 82.4 Å². The molecule has 31 heavy (non-hydrogen) atoms. The van der Waals surface area contributed by atoms with Gasteiger partial charge in [-0.3, -0.25) is 4.79 Å². The van der Waals surface area contributed by atoms with Crippen molar-refractivity contribution in [1.82, 2.24) is 15.3 Å². The van der Waals surface area contributed by atoms with Crippen molar-refractivity contribution in [1.29, 1.82) is 0 Å². The van der Waals surface area contributed by atoms with E-state index >= 15 is 0 Å². The molecule has 0 bridgehead atoms. The van der Waals surface area contributed by atoms with Crippen LogP contribution in [0.5, 0.6) is 0 Å². The van der Waals surface area contributed by atoms with Crippen LogP contribution in [0.15, 0.2) is 24.4 Å². The molecular weight excluding hydrogens is 392 g/mol. The van der Waals surface area contributed by atoms with Crippen molar-refractivity contribution in [3.8, 4) is 0 Å². The maximum absolute atomic E-state index is 12.8. The number of fused-ring (bicyclic) bond motifs is 1. The lowest BCUT2D eigenvalue weighted by Crippen LogP contribution is -2.39. The van der Waals surface area contributed by atoms with Crippen molar-refractivity contribution >= 4 is 22.8 Å². The third-order valence-corrected chi connectivity index (χ3v) is 6.77. The standard InChI is InChI=1S/C24H34N4O3/c29-15-20(12-16-4-2-1-3-5-16)26-23(31)17-6-7-18-14-25-24(28-22(18)13-17)27-19-8-10-21(30)11-9-19/h6-7,13-14,16,19-21,29-30H,1-5,8-12,15H2,(H,26,31)(H,25,27,28)/t19?,20-,21?/m0/s1. The highest BCUT2D eigenvalue weighted by atomic mass is 16.3. The van der Waals surface area contributed by atoms with E-state index < -0.39 is 0 Å². The van der Waals surface area contributed by atoms with E-state index in [1.54, 1.807) is 18.3 Å². The SMILES string of the molecule is O=C(N[C@H](CO)CC1CCCCC1)c1ccc2cnc(NC3CCC(O)CC3)nc2c1. The molecule has 1 atom stereocenters. The van der Waals surface area contributed by atoms with Crippen molar-refractivity contribution < 1.29 is 15.0 Å². The van der Waals surface area contributed by atoms with Gasteiger partial charge in [0, 0.05) is 23.2 Å². The fraction of sp³-hybridized carbons (Fsp3) is 0.625. The first-order valence-corrected chi connectivity index (χ1v) is 11.7. The Hall–Kier alpha value is -2.25. The van der Waals surface area contributed by atoms with E-state index in [2.05, 4.69) is 20.6 Å². The molecule has 0 radical (unpaired) electrons. The van der Waals surface area contributed by atoms with E-state index in [1.807, 2.05) is 6.07 Å². The fourth-order valence-electron chi connectivity index (χ4n) is 4.91. The van der Waals surface area contributed by atoms with Crippen LogP contribution in [-0.2, 0) is 0 Å². The number of aliphatic hydroxyl groups is 2. The highest BCUT2D eigenvalue weighted by molar-refractivity contribution is 5.97. The molecule has 4 rings (SSSR count). The van der Waals surface area contributed by atoms with Gasteiger partial charge in [-0.05, 0) is 50.2 Å². The molecule has 1 aromatic carbocycles. The van der Waals surface area contributed by atoms with Crippen LogP contribution >= 0.6 is 0 Å². The Morgan fingerprint density at radius 1 is 1.10 bits per heavy atom. The van der Waals surface area contributed by atoms with Crippen LogP contribution in [0.1, 0.15) is 74.6 Å². The average molecular weight is 427 g/mol. The van der Waals surface area contributed by atoms with E-state index in [0.717, 1.165) is 37.5 Å². The van der Waals surface area contributed by atoms with E-state index in [-0.39, 0.29) is 30.7 Å². The predicted octanol–water partition coefficient (Wildman–Crippen LogP) is 3.41. The summed E-state index contributed by atoms with van der Waals surface area (Å²) >= 11 is 0. The first-order chi connectivity index (χ1) is 15.1. The molecule has 2 fully saturated rings. The minimum atomic E-state index is -0.212. The van der Waals surface area contributed by atoms with Gasteiger partial charge in [0.2, 0.25) is 5.95 Å². The molecule has 1 aromatic heterocycles. The van der Waals surface area contributed by atoms with Gasteiger partial charge in [0.05, 0.1) is 24.3 Å². The van der Waals surface area contributed by atoms with Gasteiger partial charge in [-0.2, -0.15) is 0 Å². The van der Waals surface area contributed by atoms with Crippen LogP contribution in [-0.4, -0.2) is 50.9 Å². The summed E-state index contributed by atoms with van der Waals surface area (Å²) in [6.07, 6.45) is 12.0. The quantitative estimate of drug-likeness (QED) is 0.540. The molecule has 2 aromatic rings. The highest BCUT2D eigenvalue weighted by Gasteiger charge is 2.22. The molecule has 168 valence electrons. The van der Waals surface area contributed by atoms with E-state index in [9.17, 15) is 15.0 Å². The molecule has 2 aliphatic rings. The summed E-state index contributed by atoms with van der Waals surface area (Å²) in [4.78, 5) is 21.8. The predicted molar refractivity (Wildman–Crippen MR) is 121 cm³/mol. The molecular formula is C24H34N4O3. The second-order valence-electron chi connectivity index (χ2n) is 9.21. The summed E-state index contributed by atoms with van der Waals surface area (Å²) in [7, 11) is 0. The van der Waals surface area contributed by atoms with E-state index in [4.69, 9.17) is 0 Å². The molecule has 0 aliphatic heterocycles. The molecule has 7 heteroatoms. The molecule has 1 amide bonds. The molecule has 0 saturated heterocycles. The van der Waals surface area contributed by atoms with Crippen molar-refractivity contribution in [3.63, 3.8) is 0 Å². The van der Waals surface area contributed by atoms with Crippen molar-refractivity contribution in [2.75, 3.05) is 11.9 Å². The number of benzene rings is 1. The van der Waals surface area contributed by atoms with Gasteiger partial charge >= 0.3 is 0 Å².